The Bertz CT molecular complexity index is 438. The molecule has 0 atom stereocenters. The molecule has 0 unspecified atom stereocenters. The van der Waals surface area contributed by atoms with Crippen molar-refractivity contribution in [1.29, 1.82) is 0 Å². The number of allylic oxidation sites excluding steroid dienone is 5. The van der Waals surface area contributed by atoms with Gasteiger partial charge in [-0.1, -0.05) is 28.9 Å². The minimum atomic E-state index is -1.56. The quantitative estimate of drug-likeness (QED) is 0.417. The number of hydrogen-bond donors (Lipinski definition) is 1. The van der Waals surface area contributed by atoms with Crippen LogP contribution in [0.2, 0.25) is 0 Å². The summed E-state index contributed by atoms with van der Waals surface area (Å²) < 4.78 is 4.54. The highest BCUT2D eigenvalue weighted by molar-refractivity contribution is 6.28. The molecule has 0 bridgehead atoms. The van der Waals surface area contributed by atoms with Gasteiger partial charge in [0.25, 0.3) is 0 Å². The van der Waals surface area contributed by atoms with Gasteiger partial charge in [0.2, 0.25) is 0 Å². The molecule has 1 N–H and O–H groups in total. The lowest BCUT2D eigenvalue weighted by Crippen LogP contribution is -2.16. The molecule has 4 heteroatoms. The van der Waals surface area contributed by atoms with Crippen molar-refractivity contribution in [1.82, 2.24) is 0 Å². The number of ether oxygens (including phenoxy) is 1. The molecule has 0 aromatic carbocycles. The Morgan fingerprint density at radius 2 is 1.43 bits per heavy atom. The molecular weight excluding hydrogens is 268 g/mol. The molecule has 0 heterocycles. The Labute approximate surface area is 127 Å². The van der Waals surface area contributed by atoms with Gasteiger partial charge in [0.1, 0.15) is 6.61 Å². The minimum Gasteiger partial charge on any atom is -0.473 e. The highest BCUT2D eigenvalue weighted by atomic mass is 16.6. The van der Waals surface area contributed by atoms with Gasteiger partial charge in [0, 0.05) is 0 Å². The van der Waals surface area contributed by atoms with Crippen LogP contribution in [0.25, 0.3) is 0 Å². The molecule has 0 fully saturated rings. The van der Waals surface area contributed by atoms with Crippen LogP contribution in [0.3, 0.4) is 0 Å². The van der Waals surface area contributed by atoms with Crippen LogP contribution in [-0.4, -0.2) is 23.7 Å². The van der Waals surface area contributed by atoms with Gasteiger partial charge in [-0.2, -0.15) is 0 Å². The summed E-state index contributed by atoms with van der Waals surface area (Å²) in [7, 11) is 0. The molecule has 0 aliphatic heterocycles. The maximum atomic E-state index is 10.7. The second-order valence-electron chi connectivity index (χ2n) is 5.36. The van der Waals surface area contributed by atoms with Crippen molar-refractivity contribution in [2.45, 2.75) is 53.4 Å². The third-order valence-electron chi connectivity index (χ3n) is 2.94. The molecule has 0 rings (SSSR count). The molecule has 0 aromatic heterocycles. The van der Waals surface area contributed by atoms with Crippen molar-refractivity contribution in [2.24, 2.45) is 0 Å². The maximum Gasteiger partial charge on any atom is 0.417 e. The van der Waals surface area contributed by atoms with E-state index in [1.54, 1.807) is 6.08 Å². The molecule has 0 aromatic rings. The fourth-order valence-electron chi connectivity index (χ4n) is 1.66. The van der Waals surface area contributed by atoms with Gasteiger partial charge in [-0.3, -0.25) is 0 Å². The predicted octanol–water partition coefficient (Wildman–Crippen LogP) is 4.03. The van der Waals surface area contributed by atoms with Gasteiger partial charge in [0.15, 0.2) is 0 Å². The zero-order chi connectivity index (χ0) is 16.3. The molecule has 0 saturated carbocycles. The molecule has 0 aliphatic carbocycles. The predicted molar refractivity (Wildman–Crippen MR) is 84.0 cm³/mol. The van der Waals surface area contributed by atoms with Gasteiger partial charge >= 0.3 is 11.9 Å². The van der Waals surface area contributed by atoms with Crippen LogP contribution in [0.15, 0.2) is 34.9 Å². The van der Waals surface area contributed by atoms with Crippen molar-refractivity contribution >= 4 is 11.9 Å². The molecule has 4 nitrogen and oxygen atoms in total. The number of aliphatic carboxylic acids is 1. The van der Waals surface area contributed by atoms with E-state index >= 15 is 0 Å². The molecule has 21 heavy (non-hydrogen) atoms. The summed E-state index contributed by atoms with van der Waals surface area (Å²) in [5.41, 5.74) is 3.80. The molecule has 0 amide bonds. The van der Waals surface area contributed by atoms with E-state index in [0.717, 1.165) is 31.3 Å². The fraction of sp³-hybridized carbons (Fsp3) is 0.529. The summed E-state index contributed by atoms with van der Waals surface area (Å²) in [5.74, 6) is -2.77. The minimum absolute atomic E-state index is 0.0141. The Hall–Kier alpha value is -1.84. The second kappa shape index (κ2) is 10.9. The van der Waals surface area contributed by atoms with Crippen LogP contribution in [-0.2, 0) is 14.3 Å². The van der Waals surface area contributed by atoms with E-state index in [9.17, 15) is 9.59 Å². The Morgan fingerprint density at radius 3 is 1.95 bits per heavy atom. The summed E-state index contributed by atoms with van der Waals surface area (Å²) in [6.07, 6.45) is 10.2. The highest BCUT2D eigenvalue weighted by Gasteiger charge is 2.11. The zero-order valence-corrected chi connectivity index (χ0v) is 13.4. The van der Waals surface area contributed by atoms with Crippen LogP contribution in [0.4, 0.5) is 0 Å². The number of carboxylic acids is 1. The van der Waals surface area contributed by atoms with E-state index in [1.165, 1.54) is 11.1 Å². The van der Waals surface area contributed by atoms with E-state index in [0.29, 0.717) is 0 Å². The molecule has 118 valence electrons. The van der Waals surface area contributed by atoms with Gasteiger partial charge in [-0.15, -0.1) is 0 Å². The van der Waals surface area contributed by atoms with E-state index in [1.807, 2.05) is 6.92 Å². The van der Waals surface area contributed by atoms with E-state index in [2.05, 4.69) is 37.7 Å². The average molecular weight is 294 g/mol. The summed E-state index contributed by atoms with van der Waals surface area (Å²) in [4.78, 5) is 21.0. The summed E-state index contributed by atoms with van der Waals surface area (Å²) in [5, 5.41) is 8.35. The SMILES string of the molecule is CC(C)=CCCC(C)=CCCC(C)=CCOC(=O)C(=O)O. The summed E-state index contributed by atoms with van der Waals surface area (Å²) in [6, 6.07) is 0. The van der Waals surface area contributed by atoms with Gasteiger partial charge in [-0.05, 0) is 59.5 Å². The molecule has 0 radical (unpaired) electrons. The van der Waals surface area contributed by atoms with Crippen LogP contribution >= 0.6 is 0 Å². The number of esters is 1. The number of carboxylic acid groups (broad SMARTS) is 1. The summed E-state index contributed by atoms with van der Waals surface area (Å²) in [6.45, 7) is 8.29. The lowest BCUT2D eigenvalue weighted by molar-refractivity contribution is -0.163. The topological polar surface area (TPSA) is 63.6 Å². The maximum absolute atomic E-state index is 10.7. The van der Waals surface area contributed by atoms with Crippen LogP contribution in [0.5, 0.6) is 0 Å². The van der Waals surface area contributed by atoms with Gasteiger partial charge in [0.05, 0.1) is 0 Å². The molecule has 0 spiro atoms. The third-order valence-corrected chi connectivity index (χ3v) is 2.94. The number of rotatable bonds is 8. The Kier molecular flexibility index (Phi) is 9.94. The van der Waals surface area contributed by atoms with Crippen molar-refractivity contribution < 1.29 is 19.4 Å². The molecular formula is C17H26O4. The van der Waals surface area contributed by atoms with Crippen molar-refractivity contribution in [3.8, 4) is 0 Å². The first-order chi connectivity index (χ1) is 9.82. The number of carbonyl (C=O) groups is 2. The van der Waals surface area contributed by atoms with Crippen molar-refractivity contribution in [3.05, 3.63) is 34.9 Å². The van der Waals surface area contributed by atoms with Crippen LogP contribution in [0.1, 0.15) is 53.4 Å². The van der Waals surface area contributed by atoms with Crippen molar-refractivity contribution in [3.63, 3.8) is 0 Å². The van der Waals surface area contributed by atoms with E-state index in [4.69, 9.17) is 5.11 Å². The van der Waals surface area contributed by atoms with E-state index in [-0.39, 0.29) is 6.61 Å². The lowest BCUT2D eigenvalue weighted by atomic mass is 10.1. The molecule has 0 aliphatic rings. The van der Waals surface area contributed by atoms with E-state index < -0.39 is 11.9 Å². The first-order valence-corrected chi connectivity index (χ1v) is 7.17. The van der Waals surface area contributed by atoms with Gasteiger partial charge < -0.3 is 9.84 Å². The monoisotopic (exact) mass is 294 g/mol. The Morgan fingerprint density at radius 1 is 0.905 bits per heavy atom. The average Bonchev–Trinajstić information content (AvgIpc) is 2.37. The van der Waals surface area contributed by atoms with Crippen molar-refractivity contribution in [2.75, 3.05) is 6.61 Å². The second-order valence-corrected chi connectivity index (χ2v) is 5.36. The summed E-state index contributed by atoms with van der Waals surface area (Å²) >= 11 is 0. The largest absolute Gasteiger partial charge is 0.473 e. The fourth-order valence-corrected chi connectivity index (χ4v) is 1.66. The first-order valence-electron chi connectivity index (χ1n) is 7.17. The number of hydrogen-bond acceptors (Lipinski definition) is 3. The highest BCUT2D eigenvalue weighted by Crippen LogP contribution is 2.11. The van der Waals surface area contributed by atoms with Crippen LogP contribution in [0, 0.1) is 0 Å². The first kappa shape index (κ1) is 19.2. The molecule has 0 saturated heterocycles. The normalized spacial score (nSPS) is 12.0. The third kappa shape index (κ3) is 11.7. The van der Waals surface area contributed by atoms with Gasteiger partial charge in [-0.25, -0.2) is 9.59 Å². The smallest absolute Gasteiger partial charge is 0.417 e. The standard InChI is InChI=1S/C17H26O4/c1-13(2)7-5-8-14(3)9-6-10-15(4)11-12-21-17(20)16(18)19/h7,9,11H,5-6,8,10,12H2,1-4H3,(H,18,19). The Balaban J connectivity index is 3.96. The zero-order valence-electron chi connectivity index (χ0n) is 13.4. The number of carbonyl (C=O) groups excluding carboxylic acids is 1. The lowest BCUT2D eigenvalue weighted by Gasteiger charge is -2.02. The van der Waals surface area contributed by atoms with Crippen LogP contribution < -0.4 is 0 Å².